The lowest BCUT2D eigenvalue weighted by atomic mass is 10.2. The van der Waals surface area contributed by atoms with Gasteiger partial charge in [0.1, 0.15) is 6.61 Å². The van der Waals surface area contributed by atoms with Crippen molar-refractivity contribution in [2.45, 2.75) is 6.61 Å². The molecule has 0 aliphatic rings. The van der Waals surface area contributed by atoms with Crippen LogP contribution in [-0.4, -0.2) is 27.2 Å². The van der Waals surface area contributed by atoms with Crippen molar-refractivity contribution in [3.63, 3.8) is 0 Å². The molecule has 0 aliphatic carbocycles. The van der Waals surface area contributed by atoms with Gasteiger partial charge in [0.05, 0.1) is 17.4 Å². The van der Waals surface area contributed by atoms with Gasteiger partial charge in [0.2, 0.25) is 0 Å². The lowest BCUT2D eigenvalue weighted by molar-refractivity contribution is 0.174. The summed E-state index contributed by atoms with van der Waals surface area (Å²) in [5, 5.41) is 3.81. The largest absolute Gasteiger partial charge is 0.377 e. The highest BCUT2D eigenvalue weighted by atomic mass is 16.5. The number of benzene rings is 1. The summed E-state index contributed by atoms with van der Waals surface area (Å²) >= 11 is 0. The van der Waals surface area contributed by atoms with Crippen LogP contribution in [0.3, 0.4) is 0 Å². The standard InChI is InChI=1S/C11H10N4O2/c1-16-5-10-14-11(17-15-10)7-2-3-8-9(4-7)13-6-12-8/h2-4,6H,5H2,1H3,(H,12,13). The minimum atomic E-state index is 0.343. The van der Waals surface area contributed by atoms with Crippen molar-refractivity contribution in [3.8, 4) is 11.5 Å². The topological polar surface area (TPSA) is 76.8 Å². The molecule has 2 aromatic heterocycles. The molecule has 0 bridgehead atoms. The van der Waals surface area contributed by atoms with E-state index >= 15 is 0 Å². The zero-order valence-corrected chi connectivity index (χ0v) is 9.17. The molecule has 0 aliphatic heterocycles. The molecule has 1 aromatic carbocycles. The van der Waals surface area contributed by atoms with Gasteiger partial charge in [-0.3, -0.25) is 0 Å². The van der Waals surface area contributed by atoms with E-state index in [1.807, 2.05) is 18.2 Å². The molecule has 0 amide bonds. The van der Waals surface area contributed by atoms with Gasteiger partial charge in [0, 0.05) is 12.7 Å². The zero-order valence-electron chi connectivity index (χ0n) is 9.17. The number of ether oxygens (including phenoxy) is 1. The van der Waals surface area contributed by atoms with E-state index < -0.39 is 0 Å². The molecule has 1 N–H and O–H groups in total. The van der Waals surface area contributed by atoms with Gasteiger partial charge < -0.3 is 14.2 Å². The van der Waals surface area contributed by atoms with Gasteiger partial charge in [-0.15, -0.1) is 0 Å². The van der Waals surface area contributed by atoms with Gasteiger partial charge in [-0.1, -0.05) is 5.16 Å². The second kappa shape index (κ2) is 3.99. The first-order valence-corrected chi connectivity index (χ1v) is 5.12. The highest BCUT2D eigenvalue weighted by Gasteiger charge is 2.09. The second-order valence-corrected chi connectivity index (χ2v) is 3.58. The third kappa shape index (κ3) is 1.78. The summed E-state index contributed by atoms with van der Waals surface area (Å²) in [7, 11) is 1.59. The van der Waals surface area contributed by atoms with E-state index in [9.17, 15) is 0 Å². The molecule has 6 heteroatoms. The van der Waals surface area contributed by atoms with Gasteiger partial charge in [-0.25, -0.2) is 4.98 Å². The Balaban J connectivity index is 2.00. The van der Waals surface area contributed by atoms with Crippen LogP contribution in [0.5, 0.6) is 0 Å². The molecular weight excluding hydrogens is 220 g/mol. The van der Waals surface area contributed by atoms with E-state index in [0.29, 0.717) is 18.3 Å². The van der Waals surface area contributed by atoms with Crippen molar-refractivity contribution in [1.29, 1.82) is 0 Å². The molecule has 0 unspecified atom stereocenters. The summed E-state index contributed by atoms with van der Waals surface area (Å²) in [6.07, 6.45) is 1.65. The van der Waals surface area contributed by atoms with Gasteiger partial charge in [0.15, 0.2) is 5.82 Å². The molecule has 86 valence electrons. The van der Waals surface area contributed by atoms with Crippen molar-refractivity contribution < 1.29 is 9.26 Å². The lowest BCUT2D eigenvalue weighted by Gasteiger charge is -1.93. The molecule has 17 heavy (non-hydrogen) atoms. The van der Waals surface area contributed by atoms with Crippen LogP contribution in [0.15, 0.2) is 29.0 Å². The molecule has 0 atom stereocenters. The Morgan fingerprint density at radius 2 is 2.35 bits per heavy atom. The predicted octanol–water partition coefficient (Wildman–Crippen LogP) is 1.76. The number of hydrogen-bond donors (Lipinski definition) is 1. The number of aromatic nitrogens is 4. The third-order valence-electron chi connectivity index (χ3n) is 2.41. The van der Waals surface area contributed by atoms with Crippen molar-refractivity contribution in [2.24, 2.45) is 0 Å². The van der Waals surface area contributed by atoms with Gasteiger partial charge in [0.25, 0.3) is 5.89 Å². The third-order valence-corrected chi connectivity index (χ3v) is 2.41. The first-order valence-electron chi connectivity index (χ1n) is 5.12. The number of aromatic amines is 1. The first kappa shape index (κ1) is 9.98. The van der Waals surface area contributed by atoms with Crippen LogP contribution >= 0.6 is 0 Å². The normalized spacial score (nSPS) is 11.1. The summed E-state index contributed by atoms with van der Waals surface area (Å²) in [6, 6.07) is 5.72. The molecule has 0 saturated heterocycles. The Morgan fingerprint density at radius 3 is 3.24 bits per heavy atom. The van der Waals surface area contributed by atoms with Crippen LogP contribution in [-0.2, 0) is 11.3 Å². The molecule has 0 spiro atoms. The zero-order chi connectivity index (χ0) is 11.7. The number of H-pyrrole nitrogens is 1. The smallest absolute Gasteiger partial charge is 0.258 e. The number of fused-ring (bicyclic) bond motifs is 1. The summed E-state index contributed by atoms with van der Waals surface area (Å²) in [5.41, 5.74) is 2.70. The van der Waals surface area contributed by atoms with Crippen LogP contribution in [0.25, 0.3) is 22.5 Å². The molecular formula is C11H10N4O2. The number of nitrogens with one attached hydrogen (secondary N) is 1. The molecule has 3 aromatic rings. The highest BCUT2D eigenvalue weighted by molar-refractivity contribution is 5.79. The molecule has 3 rings (SSSR count). The van der Waals surface area contributed by atoms with E-state index in [-0.39, 0.29) is 0 Å². The Morgan fingerprint density at radius 1 is 1.41 bits per heavy atom. The molecule has 2 heterocycles. The fourth-order valence-corrected chi connectivity index (χ4v) is 1.63. The predicted molar refractivity (Wildman–Crippen MR) is 60.1 cm³/mol. The summed E-state index contributed by atoms with van der Waals surface area (Å²) in [6.45, 7) is 0.343. The number of methoxy groups -OCH3 is 1. The van der Waals surface area contributed by atoms with E-state index in [4.69, 9.17) is 9.26 Å². The van der Waals surface area contributed by atoms with Gasteiger partial charge in [-0.2, -0.15) is 4.98 Å². The van der Waals surface area contributed by atoms with Crippen LogP contribution in [0, 0.1) is 0 Å². The first-order chi connectivity index (χ1) is 8.36. The maximum absolute atomic E-state index is 5.15. The summed E-state index contributed by atoms with van der Waals surface area (Å²) in [4.78, 5) is 11.4. The monoisotopic (exact) mass is 230 g/mol. The van der Waals surface area contributed by atoms with E-state index in [0.717, 1.165) is 16.6 Å². The van der Waals surface area contributed by atoms with Crippen molar-refractivity contribution >= 4 is 11.0 Å². The number of rotatable bonds is 3. The van der Waals surface area contributed by atoms with Crippen LogP contribution in [0.4, 0.5) is 0 Å². The Hall–Kier alpha value is -2.21. The highest BCUT2D eigenvalue weighted by Crippen LogP contribution is 2.21. The minimum Gasteiger partial charge on any atom is -0.377 e. The average Bonchev–Trinajstić information content (AvgIpc) is 2.96. The summed E-state index contributed by atoms with van der Waals surface area (Å²) < 4.78 is 10.1. The Labute approximate surface area is 96.6 Å². The fourth-order valence-electron chi connectivity index (χ4n) is 1.63. The molecule has 0 radical (unpaired) electrons. The number of hydrogen-bond acceptors (Lipinski definition) is 5. The average molecular weight is 230 g/mol. The Kier molecular flexibility index (Phi) is 2.34. The second-order valence-electron chi connectivity index (χ2n) is 3.58. The Bertz CT molecular complexity index is 644. The summed E-state index contributed by atoms with van der Waals surface area (Å²) in [5.74, 6) is 1.01. The van der Waals surface area contributed by atoms with E-state index in [1.54, 1.807) is 13.4 Å². The lowest BCUT2D eigenvalue weighted by Crippen LogP contribution is -1.89. The maximum Gasteiger partial charge on any atom is 0.258 e. The number of nitrogens with zero attached hydrogens (tertiary/aromatic N) is 3. The van der Waals surface area contributed by atoms with Crippen molar-refractivity contribution in [3.05, 3.63) is 30.4 Å². The maximum atomic E-state index is 5.15. The van der Waals surface area contributed by atoms with Crippen molar-refractivity contribution in [1.82, 2.24) is 20.1 Å². The SMILES string of the molecule is COCc1noc(-c2ccc3nc[nH]c3c2)n1. The number of imidazole rings is 1. The quantitative estimate of drug-likeness (QED) is 0.741. The molecule has 0 saturated carbocycles. The minimum absolute atomic E-state index is 0.343. The van der Waals surface area contributed by atoms with Crippen LogP contribution < -0.4 is 0 Å². The van der Waals surface area contributed by atoms with Crippen molar-refractivity contribution in [2.75, 3.05) is 7.11 Å². The van der Waals surface area contributed by atoms with Gasteiger partial charge >= 0.3 is 0 Å². The molecule has 6 nitrogen and oxygen atoms in total. The van der Waals surface area contributed by atoms with Crippen LogP contribution in [0.1, 0.15) is 5.82 Å². The fraction of sp³-hybridized carbons (Fsp3) is 0.182. The molecule has 0 fully saturated rings. The van der Waals surface area contributed by atoms with Crippen LogP contribution in [0.2, 0.25) is 0 Å². The van der Waals surface area contributed by atoms with Gasteiger partial charge in [-0.05, 0) is 18.2 Å². The van der Waals surface area contributed by atoms with E-state index in [2.05, 4.69) is 20.1 Å². The van der Waals surface area contributed by atoms with E-state index in [1.165, 1.54) is 0 Å².